The highest BCUT2D eigenvalue weighted by Gasteiger charge is 2.17. The van der Waals surface area contributed by atoms with Crippen LogP contribution in [0.5, 0.6) is 5.75 Å². The maximum Gasteiger partial charge on any atom is 0.360 e. The molecule has 0 aliphatic heterocycles. The minimum atomic E-state index is -1.24. The van der Waals surface area contributed by atoms with E-state index in [1.54, 1.807) is 37.3 Å². The fourth-order valence-corrected chi connectivity index (χ4v) is 1.61. The van der Waals surface area contributed by atoms with E-state index in [4.69, 9.17) is 9.84 Å². The number of nitrogens with zero attached hydrogens (tertiary/aromatic N) is 2. The highest BCUT2D eigenvalue weighted by atomic mass is 16.5. The maximum absolute atomic E-state index is 11.9. The third kappa shape index (κ3) is 2.62. The summed E-state index contributed by atoms with van der Waals surface area (Å²) in [5.41, 5.74) is -0.233. The molecule has 0 amide bonds. The Balaban J connectivity index is 2.62. The number of aromatic nitrogens is 2. The summed E-state index contributed by atoms with van der Waals surface area (Å²) in [5.74, 6) is -1.26. The van der Waals surface area contributed by atoms with Gasteiger partial charge in [-0.2, -0.15) is 9.78 Å². The predicted molar refractivity (Wildman–Crippen MR) is 68.0 cm³/mol. The number of benzene rings is 1. The van der Waals surface area contributed by atoms with Gasteiger partial charge in [-0.3, -0.25) is 4.79 Å². The zero-order valence-electron chi connectivity index (χ0n) is 10.2. The van der Waals surface area contributed by atoms with E-state index in [9.17, 15) is 9.59 Å². The first kappa shape index (κ1) is 12.8. The predicted octanol–water partition coefficient (Wildman–Crippen LogP) is 1.33. The molecule has 0 saturated heterocycles. The van der Waals surface area contributed by atoms with Crippen LogP contribution in [0.1, 0.15) is 17.4 Å². The molecule has 98 valence electrons. The van der Waals surface area contributed by atoms with Crippen LogP contribution >= 0.6 is 0 Å². The molecule has 0 aliphatic rings. The van der Waals surface area contributed by atoms with Gasteiger partial charge in [0.25, 0.3) is 5.56 Å². The van der Waals surface area contributed by atoms with Gasteiger partial charge < -0.3 is 9.84 Å². The largest absolute Gasteiger partial charge is 0.491 e. The molecule has 1 aromatic carbocycles. The molecular weight excluding hydrogens is 248 g/mol. The Morgan fingerprint density at radius 3 is 2.63 bits per heavy atom. The van der Waals surface area contributed by atoms with Gasteiger partial charge in [0.2, 0.25) is 5.69 Å². The average molecular weight is 260 g/mol. The summed E-state index contributed by atoms with van der Waals surface area (Å²) in [6.45, 7) is 1.96. The van der Waals surface area contributed by atoms with Crippen LogP contribution in [-0.2, 0) is 0 Å². The van der Waals surface area contributed by atoms with Gasteiger partial charge in [-0.1, -0.05) is 18.2 Å². The van der Waals surface area contributed by atoms with Crippen LogP contribution in [0.4, 0.5) is 0 Å². The molecule has 0 atom stereocenters. The SMILES string of the molecule is CCOc1cc(=O)n(-c2ccccc2)nc1C(=O)O. The molecule has 0 aliphatic carbocycles. The number of carbonyl (C=O) groups is 1. The van der Waals surface area contributed by atoms with Crippen LogP contribution in [-0.4, -0.2) is 27.5 Å². The van der Waals surface area contributed by atoms with Crippen molar-refractivity contribution in [2.45, 2.75) is 6.92 Å². The summed E-state index contributed by atoms with van der Waals surface area (Å²) < 4.78 is 6.15. The second-order valence-electron chi connectivity index (χ2n) is 3.68. The monoisotopic (exact) mass is 260 g/mol. The number of aromatic carboxylic acids is 1. The molecule has 6 heteroatoms. The van der Waals surface area contributed by atoms with Crippen molar-refractivity contribution >= 4 is 5.97 Å². The number of hydrogen-bond donors (Lipinski definition) is 1. The lowest BCUT2D eigenvalue weighted by Crippen LogP contribution is -2.24. The van der Waals surface area contributed by atoms with E-state index >= 15 is 0 Å². The minimum Gasteiger partial charge on any atom is -0.491 e. The number of carboxylic acids is 1. The van der Waals surface area contributed by atoms with Crippen molar-refractivity contribution in [3.05, 3.63) is 52.4 Å². The van der Waals surface area contributed by atoms with Crippen LogP contribution in [0.3, 0.4) is 0 Å². The Morgan fingerprint density at radius 1 is 1.37 bits per heavy atom. The van der Waals surface area contributed by atoms with Gasteiger partial charge in [-0.15, -0.1) is 0 Å². The molecule has 1 N–H and O–H groups in total. The molecular formula is C13H12N2O4. The smallest absolute Gasteiger partial charge is 0.360 e. The van der Waals surface area contributed by atoms with Gasteiger partial charge in [0.05, 0.1) is 18.4 Å². The van der Waals surface area contributed by atoms with Crippen LogP contribution in [0.15, 0.2) is 41.2 Å². The Kier molecular flexibility index (Phi) is 3.61. The molecule has 0 unspecified atom stereocenters. The summed E-state index contributed by atoms with van der Waals surface area (Å²) >= 11 is 0. The van der Waals surface area contributed by atoms with Crippen molar-refractivity contribution in [2.24, 2.45) is 0 Å². The van der Waals surface area contributed by atoms with Gasteiger partial charge in [0.1, 0.15) is 0 Å². The number of rotatable bonds is 4. The lowest BCUT2D eigenvalue weighted by atomic mass is 10.3. The molecule has 0 spiro atoms. The highest BCUT2D eigenvalue weighted by molar-refractivity contribution is 5.88. The number of carboxylic acid groups (broad SMARTS) is 1. The van der Waals surface area contributed by atoms with Gasteiger partial charge in [0.15, 0.2) is 5.75 Å². The van der Waals surface area contributed by atoms with Crippen molar-refractivity contribution < 1.29 is 14.6 Å². The summed E-state index contributed by atoms with van der Waals surface area (Å²) in [6, 6.07) is 9.73. The number of hydrogen-bond acceptors (Lipinski definition) is 4. The zero-order valence-corrected chi connectivity index (χ0v) is 10.2. The standard InChI is InChI=1S/C13H12N2O4/c1-2-19-10-8-11(16)15(14-12(10)13(17)18)9-6-4-3-5-7-9/h3-8H,2H2,1H3,(H,17,18). The normalized spacial score (nSPS) is 10.2. The van der Waals surface area contributed by atoms with Crippen molar-refractivity contribution in [1.82, 2.24) is 9.78 Å². The quantitative estimate of drug-likeness (QED) is 0.896. The molecule has 1 aromatic heterocycles. The fraction of sp³-hybridized carbons (Fsp3) is 0.154. The Bertz CT molecular complexity index is 649. The summed E-state index contributed by atoms with van der Waals surface area (Å²) in [4.78, 5) is 23.1. The summed E-state index contributed by atoms with van der Waals surface area (Å²) in [7, 11) is 0. The third-order valence-corrected chi connectivity index (χ3v) is 2.40. The van der Waals surface area contributed by atoms with Crippen molar-refractivity contribution in [1.29, 1.82) is 0 Å². The second-order valence-corrected chi connectivity index (χ2v) is 3.68. The lowest BCUT2D eigenvalue weighted by molar-refractivity contribution is 0.0683. The topological polar surface area (TPSA) is 81.4 Å². The molecule has 0 bridgehead atoms. The summed E-state index contributed by atoms with van der Waals surface area (Å²) in [6.07, 6.45) is 0. The van der Waals surface area contributed by atoms with E-state index in [1.165, 1.54) is 0 Å². The molecule has 6 nitrogen and oxygen atoms in total. The first-order chi connectivity index (χ1) is 9.13. The lowest BCUT2D eigenvalue weighted by Gasteiger charge is -2.09. The Labute approximate surface area is 108 Å². The Morgan fingerprint density at radius 2 is 2.05 bits per heavy atom. The van der Waals surface area contributed by atoms with E-state index in [-0.39, 0.29) is 18.1 Å². The molecule has 2 aromatic rings. The minimum absolute atomic E-state index is 0.0211. The van der Waals surface area contributed by atoms with E-state index in [0.29, 0.717) is 5.69 Å². The fourth-order valence-electron chi connectivity index (χ4n) is 1.61. The second kappa shape index (κ2) is 5.34. The average Bonchev–Trinajstić information content (AvgIpc) is 2.40. The molecule has 19 heavy (non-hydrogen) atoms. The number of ether oxygens (including phenoxy) is 1. The van der Waals surface area contributed by atoms with Crippen molar-refractivity contribution in [3.8, 4) is 11.4 Å². The van der Waals surface area contributed by atoms with Crippen LogP contribution < -0.4 is 10.3 Å². The maximum atomic E-state index is 11.9. The van der Waals surface area contributed by atoms with Gasteiger partial charge >= 0.3 is 5.97 Å². The number of para-hydroxylation sites is 1. The highest BCUT2D eigenvalue weighted by Crippen LogP contribution is 2.14. The first-order valence-electron chi connectivity index (χ1n) is 5.69. The summed E-state index contributed by atoms with van der Waals surface area (Å²) in [5, 5.41) is 12.9. The van der Waals surface area contributed by atoms with E-state index in [2.05, 4.69) is 5.10 Å². The zero-order chi connectivity index (χ0) is 13.8. The van der Waals surface area contributed by atoms with E-state index < -0.39 is 11.5 Å². The van der Waals surface area contributed by atoms with Gasteiger partial charge in [-0.05, 0) is 19.1 Å². The van der Waals surface area contributed by atoms with Crippen LogP contribution in [0.25, 0.3) is 5.69 Å². The molecule has 2 rings (SSSR count). The Hall–Kier alpha value is -2.63. The van der Waals surface area contributed by atoms with Crippen LogP contribution in [0.2, 0.25) is 0 Å². The van der Waals surface area contributed by atoms with E-state index in [0.717, 1.165) is 10.7 Å². The third-order valence-electron chi connectivity index (χ3n) is 2.40. The molecule has 0 saturated carbocycles. The van der Waals surface area contributed by atoms with Crippen molar-refractivity contribution in [2.75, 3.05) is 6.61 Å². The van der Waals surface area contributed by atoms with Gasteiger partial charge in [-0.25, -0.2) is 4.79 Å². The molecule has 1 heterocycles. The van der Waals surface area contributed by atoms with Crippen LogP contribution in [0, 0.1) is 0 Å². The van der Waals surface area contributed by atoms with Crippen molar-refractivity contribution in [3.63, 3.8) is 0 Å². The van der Waals surface area contributed by atoms with E-state index in [1.807, 2.05) is 0 Å². The first-order valence-corrected chi connectivity index (χ1v) is 5.69. The molecule has 0 radical (unpaired) electrons. The molecule has 0 fully saturated rings. The van der Waals surface area contributed by atoms with Gasteiger partial charge in [0, 0.05) is 0 Å².